The Labute approximate surface area is 123 Å². The number of piperidine rings is 1. The molecule has 0 unspecified atom stereocenters. The Morgan fingerprint density at radius 2 is 2.14 bits per heavy atom. The van der Waals surface area contributed by atoms with E-state index in [4.69, 9.17) is 0 Å². The van der Waals surface area contributed by atoms with E-state index in [1.165, 1.54) is 6.92 Å². The molecule has 0 radical (unpaired) electrons. The fourth-order valence-corrected chi connectivity index (χ4v) is 2.62. The fraction of sp³-hybridized carbons (Fsp3) is 0.400. The van der Waals surface area contributed by atoms with E-state index in [-0.39, 0.29) is 5.91 Å². The maximum Gasteiger partial charge on any atom is 0.221 e. The predicted molar refractivity (Wildman–Crippen MR) is 81.0 cm³/mol. The summed E-state index contributed by atoms with van der Waals surface area (Å²) in [5, 5.41) is 13.5. The van der Waals surface area contributed by atoms with Crippen molar-refractivity contribution in [2.75, 3.05) is 18.4 Å². The first-order valence-corrected chi connectivity index (χ1v) is 7.23. The van der Waals surface area contributed by atoms with Crippen molar-refractivity contribution in [3.63, 3.8) is 0 Å². The Morgan fingerprint density at radius 1 is 1.33 bits per heavy atom. The van der Waals surface area contributed by atoms with E-state index in [1.54, 1.807) is 0 Å². The molecule has 0 bridgehead atoms. The molecule has 1 aromatic heterocycles. The van der Waals surface area contributed by atoms with Crippen LogP contribution in [0.4, 0.5) is 5.69 Å². The highest BCUT2D eigenvalue weighted by atomic mass is 16.1. The Bertz CT molecular complexity index is 630. The van der Waals surface area contributed by atoms with Crippen molar-refractivity contribution in [1.29, 1.82) is 0 Å². The minimum Gasteiger partial charge on any atom is -0.326 e. The van der Waals surface area contributed by atoms with Crippen LogP contribution in [0, 0.1) is 0 Å². The van der Waals surface area contributed by atoms with Crippen LogP contribution in [0.3, 0.4) is 0 Å². The molecule has 6 nitrogen and oxygen atoms in total. The summed E-state index contributed by atoms with van der Waals surface area (Å²) in [5.41, 5.74) is 1.66. The molecule has 2 heterocycles. The first-order valence-electron chi connectivity index (χ1n) is 7.23. The quantitative estimate of drug-likeness (QED) is 0.804. The fourth-order valence-electron chi connectivity index (χ4n) is 2.62. The van der Waals surface area contributed by atoms with Gasteiger partial charge in [0.25, 0.3) is 0 Å². The van der Waals surface area contributed by atoms with Gasteiger partial charge in [-0.3, -0.25) is 9.89 Å². The molecule has 6 heteroatoms. The Balaban J connectivity index is 1.80. The van der Waals surface area contributed by atoms with E-state index in [2.05, 4.69) is 25.8 Å². The van der Waals surface area contributed by atoms with Crippen LogP contribution in [0.15, 0.2) is 24.3 Å². The topological polar surface area (TPSA) is 82.7 Å². The summed E-state index contributed by atoms with van der Waals surface area (Å²) in [6, 6.07) is 7.57. The average Bonchev–Trinajstić information content (AvgIpc) is 2.98. The van der Waals surface area contributed by atoms with Gasteiger partial charge in [-0.15, -0.1) is 0 Å². The smallest absolute Gasteiger partial charge is 0.221 e. The van der Waals surface area contributed by atoms with Crippen LogP contribution in [0.5, 0.6) is 0 Å². The maximum atomic E-state index is 11.1. The normalized spacial score (nSPS) is 15.9. The molecule has 1 saturated heterocycles. The SMILES string of the molecule is CC(=O)Nc1cccc(-c2n[nH]c(C3CCNCC3)n2)c1. The van der Waals surface area contributed by atoms with Crippen LogP contribution in [0.2, 0.25) is 0 Å². The summed E-state index contributed by atoms with van der Waals surface area (Å²) in [6.07, 6.45) is 2.17. The van der Waals surface area contributed by atoms with Crippen LogP contribution in [0.25, 0.3) is 11.4 Å². The number of aromatic amines is 1. The highest BCUT2D eigenvalue weighted by molar-refractivity contribution is 5.89. The summed E-state index contributed by atoms with van der Waals surface area (Å²) >= 11 is 0. The second-order valence-electron chi connectivity index (χ2n) is 5.33. The number of carbonyl (C=O) groups is 1. The highest BCUT2D eigenvalue weighted by Crippen LogP contribution is 2.25. The van der Waals surface area contributed by atoms with Crippen LogP contribution in [-0.2, 0) is 4.79 Å². The Morgan fingerprint density at radius 3 is 2.90 bits per heavy atom. The Hall–Kier alpha value is -2.21. The van der Waals surface area contributed by atoms with E-state index >= 15 is 0 Å². The molecular formula is C15H19N5O. The van der Waals surface area contributed by atoms with Gasteiger partial charge in [-0.2, -0.15) is 5.10 Å². The zero-order chi connectivity index (χ0) is 14.7. The average molecular weight is 285 g/mol. The van der Waals surface area contributed by atoms with Gasteiger partial charge in [0.15, 0.2) is 5.82 Å². The summed E-state index contributed by atoms with van der Waals surface area (Å²) in [7, 11) is 0. The third-order valence-electron chi connectivity index (χ3n) is 3.67. The van der Waals surface area contributed by atoms with Crippen LogP contribution in [-0.4, -0.2) is 34.2 Å². The predicted octanol–water partition coefficient (Wildman–Crippen LogP) is 1.90. The molecule has 110 valence electrons. The van der Waals surface area contributed by atoms with Crippen molar-refractivity contribution in [3.05, 3.63) is 30.1 Å². The van der Waals surface area contributed by atoms with Crippen molar-refractivity contribution >= 4 is 11.6 Å². The molecule has 3 rings (SSSR count). The van der Waals surface area contributed by atoms with E-state index in [0.717, 1.165) is 43.0 Å². The van der Waals surface area contributed by atoms with E-state index in [0.29, 0.717) is 11.7 Å². The third kappa shape index (κ3) is 3.28. The largest absolute Gasteiger partial charge is 0.326 e. The number of hydrogen-bond donors (Lipinski definition) is 3. The minimum absolute atomic E-state index is 0.0856. The van der Waals surface area contributed by atoms with E-state index in [1.807, 2.05) is 24.3 Å². The number of amides is 1. The lowest BCUT2D eigenvalue weighted by Crippen LogP contribution is -2.27. The lowest BCUT2D eigenvalue weighted by atomic mass is 9.98. The van der Waals surface area contributed by atoms with Crippen molar-refractivity contribution in [1.82, 2.24) is 20.5 Å². The zero-order valence-corrected chi connectivity index (χ0v) is 12.0. The van der Waals surface area contributed by atoms with Gasteiger partial charge in [0, 0.05) is 24.1 Å². The molecule has 3 N–H and O–H groups in total. The van der Waals surface area contributed by atoms with Gasteiger partial charge in [-0.05, 0) is 38.1 Å². The Kier molecular flexibility index (Phi) is 3.96. The standard InChI is InChI=1S/C15H19N5O/c1-10(21)17-13-4-2-3-12(9-13)15-18-14(19-20-15)11-5-7-16-8-6-11/h2-4,9,11,16H,5-8H2,1H3,(H,17,21)(H,18,19,20). The van der Waals surface area contributed by atoms with Crippen LogP contribution in [0.1, 0.15) is 31.5 Å². The van der Waals surface area contributed by atoms with Gasteiger partial charge in [-0.1, -0.05) is 12.1 Å². The monoisotopic (exact) mass is 285 g/mol. The van der Waals surface area contributed by atoms with Gasteiger partial charge >= 0.3 is 0 Å². The van der Waals surface area contributed by atoms with E-state index in [9.17, 15) is 4.79 Å². The lowest BCUT2D eigenvalue weighted by Gasteiger charge is -2.19. The van der Waals surface area contributed by atoms with Crippen molar-refractivity contribution in [2.45, 2.75) is 25.7 Å². The molecule has 0 saturated carbocycles. The molecule has 1 aliphatic rings. The van der Waals surface area contributed by atoms with Crippen LogP contribution >= 0.6 is 0 Å². The number of nitrogens with zero attached hydrogens (tertiary/aromatic N) is 2. The second-order valence-corrected chi connectivity index (χ2v) is 5.33. The minimum atomic E-state index is -0.0856. The first kappa shape index (κ1) is 13.8. The van der Waals surface area contributed by atoms with Crippen molar-refractivity contribution in [2.24, 2.45) is 0 Å². The lowest BCUT2D eigenvalue weighted by molar-refractivity contribution is -0.114. The molecule has 2 aromatic rings. The number of carbonyl (C=O) groups excluding carboxylic acids is 1. The van der Waals surface area contributed by atoms with Gasteiger partial charge in [0.1, 0.15) is 5.82 Å². The molecule has 0 atom stereocenters. The van der Waals surface area contributed by atoms with Gasteiger partial charge in [-0.25, -0.2) is 4.98 Å². The number of benzene rings is 1. The number of nitrogens with one attached hydrogen (secondary N) is 3. The number of hydrogen-bond acceptors (Lipinski definition) is 4. The summed E-state index contributed by atoms with van der Waals surface area (Å²) in [5.74, 6) is 2.00. The first-order chi connectivity index (χ1) is 10.2. The zero-order valence-electron chi connectivity index (χ0n) is 12.0. The van der Waals surface area contributed by atoms with Gasteiger partial charge in [0.05, 0.1) is 0 Å². The second kappa shape index (κ2) is 6.05. The number of H-pyrrole nitrogens is 1. The highest BCUT2D eigenvalue weighted by Gasteiger charge is 2.19. The number of rotatable bonds is 3. The molecule has 1 fully saturated rings. The van der Waals surface area contributed by atoms with E-state index < -0.39 is 0 Å². The molecule has 0 spiro atoms. The number of anilines is 1. The summed E-state index contributed by atoms with van der Waals surface area (Å²) in [6.45, 7) is 3.55. The number of aromatic nitrogens is 3. The molecule has 1 amide bonds. The molecular weight excluding hydrogens is 266 g/mol. The van der Waals surface area contributed by atoms with Gasteiger partial charge < -0.3 is 10.6 Å². The molecule has 21 heavy (non-hydrogen) atoms. The van der Waals surface area contributed by atoms with Crippen molar-refractivity contribution in [3.8, 4) is 11.4 Å². The molecule has 1 aliphatic heterocycles. The molecule has 0 aliphatic carbocycles. The maximum absolute atomic E-state index is 11.1. The van der Waals surface area contributed by atoms with Gasteiger partial charge in [0.2, 0.25) is 5.91 Å². The molecule has 1 aromatic carbocycles. The summed E-state index contributed by atoms with van der Waals surface area (Å²) < 4.78 is 0. The van der Waals surface area contributed by atoms with Crippen molar-refractivity contribution < 1.29 is 4.79 Å². The summed E-state index contributed by atoms with van der Waals surface area (Å²) in [4.78, 5) is 15.7. The third-order valence-corrected chi connectivity index (χ3v) is 3.67. The van der Waals surface area contributed by atoms with Crippen LogP contribution < -0.4 is 10.6 Å².